The Balaban J connectivity index is 2.07. The van der Waals surface area contributed by atoms with Gasteiger partial charge in [-0.05, 0) is 26.7 Å². The highest BCUT2D eigenvalue weighted by atomic mass is 16.5. The van der Waals surface area contributed by atoms with E-state index in [1.165, 1.54) is 17.3 Å². The lowest BCUT2D eigenvalue weighted by Crippen LogP contribution is -2.44. The summed E-state index contributed by atoms with van der Waals surface area (Å²) in [6.45, 7) is 4.42. The third-order valence-electron chi connectivity index (χ3n) is 3.29. The molecule has 0 aliphatic carbocycles. The van der Waals surface area contributed by atoms with Gasteiger partial charge in [0.05, 0.1) is 6.61 Å². The molecular formula is C12H18N4O3. The number of likely N-dealkylation sites (tertiary alicyclic amines) is 1. The zero-order valence-corrected chi connectivity index (χ0v) is 11.2. The minimum Gasteiger partial charge on any atom is -0.464 e. The Kier molecular flexibility index (Phi) is 4.13. The van der Waals surface area contributed by atoms with E-state index in [9.17, 15) is 9.59 Å². The van der Waals surface area contributed by atoms with Gasteiger partial charge in [-0.15, -0.1) is 0 Å². The fraction of sp³-hybridized carbons (Fsp3) is 0.667. The Morgan fingerprint density at radius 2 is 2.32 bits per heavy atom. The minimum absolute atomic E-state index is 0.124. The SMILES string of the molecule is CCOC(=O)C1CCCN1C(=O)C(C)n1cncn1. The summed E-state index contributed by atoms with van der Waals surface area (Å²) in [7, 11) is 0. The molecule has 1 aliphatic rings. The van der Waals surface area contributed by atoms with Crippen molar-refractivity contribution in [3.63, 3.8) is 0 Å². The molecule has 2 heterocycles. The molecule has 19 heavy (non-hydrogen) atoms. The second-order valence-electron chi connectivity index (χ2n) is 4.49. The van der Waals surface area contributed by atoms with E-state index in [4.69, 9.17) is 4.74 Å². The summed E-state index contributed by atoms with van der Waals surface area (Å²) in [5.74, 6) is -0.444. The highest BCUT2D eigenvalue weighted by Crippen LogP contribution is 2.22. The van der Waals surface area contributed by atoms with Crippen molar-refractivity contribution in [1.29, 1.82) is 0 Å². The van der Waals surface area contributed by atoms with Crippen molar-refractivity contribution < 1.29 is 14.3 Å². The third-order valence-corrected chi connectivity index (χ3v) is 3.29. The van der Waals surface area contributed by atoms with Gasteiger partial charge in [-0.2, -0.15) is 5.10 Å². The van der Waals surface area contributed by atoms with Crippen molar-refractivity contribution in [2.45, 2.75) is 38.8 Å². The number of rotatable bonds is 4. The molecule has 1 aromatic rings. The van der Waals surface area contributed by atoms with E-state index in [0.717, 1.165) is 6.42 Å². The molecule has 0 radical (unpaired) electrons. The summed E-state index contributed by atoms with van der Waals surface area (Å²) in [6, 6.07) is -0.920. The topological polar surface area (TPSA) is 77.3 Å². The molecule has 1 aromatic heterocycles. The highest BCUT2D eigenvalue weighted by molar-refractivity contribution is 5.87. The van der Waals surface area contributed by atoms with Gasteiger partial charge in [0.2, 0.25) is 5.91 Å². The molecule has 1 fully saturated rings. The van der Waals surface area contributed by atoms with Crippen LogP contribution in [0.25, 0.3) is 0 Å². The first-order valence-electron chi connectivity index (χ1n) is 6.46. The Bertz CT molecular complexity index is 446. The van der Waals surface area contributed by atoms with Crippen molar-refractivity contribution in [1.82, 2.24) is 19.7 Å². The fourth-order valence-corrected chi connectivity index (χ4v) is 2.28. The Hall–Kier alpha value is -1.92. The van der Waals surface area contributed by atoms with E-state index >= 15 is 0 Å². The van der Waals surface area contributed by atoms with E-state index in [1.807, 2.05) is 0 Å². The van der Waals surface area contributed by atoms with E-state index in [-0.39, 0.29) is 11.9 Å². The molecule has 1 saturated heterocycles. The predicted octanol–water partition coefficient (Wildman–Crippen LogP) is 0.393. The van der Waals surface area contributed by atoms with Crippen molar-refractivity contribution in [3.05, 3.63) is 12.7 Å². The maximum absolute atomic E-state index is 12.4. The van der Waals surface area contributed by atoms with Crippen molar-refractivity contribution in [3.8, 4) is 0 Å². The van der Waals surface area contributed by atoms with E-state index in [1.54, 1.807) is 18.7 Å². The fourth-order valence-electron chi connectivity index (χ4n) is 2.28. The average molecular weight is 266 g/mol. The summed E-state index contributed by atoms with van der Waals surface area (Å²) in [5, 5.41) is 3.96. The predicted molar refractivity (Wildman–Crippen MR) is 66.1 cm³/mol. The number of aromatic nitrogens is 3. The third kappa shape index (κ3) is 2.74. The lowest BCUT2D eigenvalue weighted by atomic mass is 10.2. The number of hydrogen-bond acceptors (Lipinski definition) is 5. The molecule has 2 rings (SSSR count). The van der Waals surface area contributed by atoms with Gasteiger partial charge in [0.1, 0.15) is 24.7 Å². The van der Waals surface area contributed by atoms with Crippen molar-refractivity contribution in [2.24, 2.45) is 0 Å². The van der Waals surface area contributed by atoms with Crippen LogP contribution >= 0.6 is 0 Å². The van der Waals surface area contributed by atoms with Crippen LogP contribution in [0.15, 0.2) is 12.7 Å². The lowest BCUT2D eigenvalue weighted by Gasteiger charge is -2.25. The van der Waals surface area contributed by atoms with Gasteiger partial charge in [-0.1, -0.05) is 0 Å². The molecule has 2 unspecified atom stereocenters. The van der Waals surface area contributed by atoms with Gasteiger partial charge in [-0.3, -0.25) is 4.79 Å². The summed E-state index contributed by atoms with van der Waals surface area (Å²) < 4.78 is 6.50. The minimum atomic E-state index is -0.461. The average Bonchev–Trinajstić information content (AvgIpc) is 3.08. The quantitative estimate of drug-likeness (QED) is 0.737. The lowest BCUT2D eigenvalue weighted by molar-refractivity contribution is -0.154. The van der Waals surface area contributed by atoms with Crippen LogP contribution in [0, 0.1) is 0 Å². The Morgan fingerprint density at radius 1 is 1.53 bits per heavy atom. The van der Waals surface area contributed by atoms with Crippen molar-refractivity contribution in [2.75, 3.05) is 13.2 Å². The van der Waals surface area contributed by atoms with Crippen LogP contribution in [-0.4, -0.2) is 50.7 Å². The second-order valence-corrected chi connectivity index (χ2v) is 4.49. The molecule has 0 spiro atoms. The van der Waals surface area contributed by atoms with Crippen LogP contribution in [0.1, 0.15) is 32.7 Å². The molecule has 7 nitrogen and oxygen atoms in total. The summed E-state index contributed by atoms with van der Waals surface area (Å²) in [4.78, 5) is 29.6. The first-order valence-corrected chi connectivity index (χ1v) is 6.46. The molecule has 7 heteroatoms. The van der Waals surface area contributed by atoms with Crippen LogP contribution in [0.3, 0.4) is 0 Å². The van der Waals surface area contributed by atoms with Crippen LogP contribution in [0.5, 0.6) is 0 Å². The molecule has 1 amide bonds. The molecule has 0 N–H and O–H groups in total. The van der Waals surface area contributed by atoms with E-state index in [0.29, 0.717) is 19.6 Å². The number of carbonyl (C=O) groups excluding carboxylic acids is 2. The van der Waals surface area contributed by atoms with Crippen LogP contribution < -0.4 is 0 Å². The molecular weight excluding hydrogens is 248 g/mol. The number of hydrogen-bond donors (Lipinski definition) is 0. The molecule has 0 aromatic carbocycles. The van der Waals surface area contributed by atoms with Gasteiger partial charge in [0.25, 0.3) is 0 Å². The van der Waals surface area contributed by atoms with Crippen LogP contribution in [0.4, 0.5) is 0 Å². The van der Waals surface area contributed by atoms with E-state index in [2.05, 4.69) is 10.1 Å². The summed E-state index contributed by atoms with van der Waals surface area (Å²) in [6.07, 6.45) is 4.36. The Morgan fingerprint density at radius 3 is 2.95 bits per heavy atom. The number of esters is 1. The molecule has 1 aliphatic heterocycles. The zero-order chi connectivity index (χ0) is 13.8. The normalized spacial score (nSPS) is 20.3. The number of ether oxygens (including phenoxy) is 1. The summed E-state index contributed by atoms with van der Waals surface area (Å²) in [5.41, 5.74) is 0. The number of nitrogens with zero attached hydrogens (tertiary/aromatic N) is 4. The smallest absolute Gasteiger partial charge is 0.328 e. The molecule has 0 saturated carbocycles. The first-order chi connectivity index (χ1) is 9.15. The summed E-state index contributed by atoms with van der Waals surface area (Å²) >= 11 is 0. The maximum atomic E-state index is 12.4. The first kappa shape index (κ1) is 13.5. The largest absolute Gasteiger partial charge is 0.464 e. The van der Waals surface area contributed by atoms with Gasteiger partial charge >= 0.3 is 5.97 Å². The zero-order valence-electron chi connectivity index (χ0n) is 11.2. The van der Waals surface area contributed by atoms with E-state index < -0.39 is 12.1 Å². The maximum Gasteiger partial charge on any atom is 0.328 e. The second kappa shape index (κ2) is 5.81. The number of amides is 1. The monoisotopic (exact) mass is 266 g/mol. The van der Waals surface area contributed by atoms with Gasteiger partial charge in [-0.25, -0.2) is 14.5 Å². The Labute approximate surface area is 111 Å². The molecule has 104 valence electrons. The van der Waals surface area contributed by atoms with Crippen LogP contribution in [0.2, 0.25) is 0 Å². The highest BCUT2D eigenvalue weighted by Gasteiger charge is 2.37. The number of carbonyl (C=O) groups is 2. The van der Waals surface area contributed by atoms with Crippen molar-refractivity contribution >= 4 is 11.9 Å². The molecule has 0 bridgehead atoms. The van der Waals surface area contributed by atoms with Crippen LogP contribution in [-0.2, 0) is 14.3 Å². The van der Waals surface area contributed by atoms with Gasteiger partial charge < -0.3 is 9.64 Å². The van der Waals surface area contributed by atoms with Gasteiger partial charge in [0.15, 0.2) is 0 Å². The molecule has 2 atom stereocenters. The standard InChI is InChI=1S/C12H18N4O3/c1-3-19-12(18)10-5-4-6-15(10)11(17)9(2)16-8-13-7-14-16/h7-10H,3-6H2,1-2H3. The van der Waals surface area contributed by atoms with Gasteiger partial charge in [0, 0.05) is 6.54 Å².